The lowest BCUT2D eigenvalue weighted by atomic mass is 9.71. The second kappa shape index (κ2) is 6.64. The van der Waals surface area contributed by atoms with Crippen molar-refractivity contribution in [1.82, 2.24) is 14.7 Å². The number of anilines is 1. The first kappa shape index (κ1) is 16.3. The lowest BCUT2D eigenvalue weighted by Gasteiger charge is -2.46. The van der Waals surface area contributed by atoms with Gasteiger partial charge >= 0.3 is 0 Å². The molecule has 1 aromatic heterocycles. The zero-order valence-electron chi connectivity index (χ0n) is 14.9. The summed E-state index contributed by atoms with van der Waals surface area (Å²) in [6.07, 6.45) is 8.09. The molecule has 2 aliphatic heterocycles. The molecule has 2 saturated heterocycles. The predicted molar refractivity (Wildman–Crippen MR) is 98.2 cm³/mol. The summed E-state index contributed by atoms with van der Waals surface area (Å²) in [7, 11) is 1.95. The van der Waals surface area contributed by atoms with Crippen molar-refractivity contribution in [2.24, 2.45) is 12.5 Å². The maximum absolute atomic E-state index is 13.3. The number of carbonyl (C=O) groups excluding carboxylic acids is 1. The number of aryl methyl sites for hydroxylation is 1. The molecule has 1 spiro atoms. The highest BCUT2D eigenvalue weighted by molar-refractivity contribution is 5.98. The number of piperidine rings is 2. The minimum Gasteiger partial charge on any atom is -0.312 e. The molecular formula is C20H26N4O. The van der Waals surface area contributed by atoms with Crippen molar-refractivity contribution in [1.29, 1.82) is 0 Å². The van der Waals surface area contributed by atoms with Crippen LogP contribution in [0.2, 0.25) is 0 Å². The molecule has 0 saturated carbocycles. The Labute approximate surface area is 149 Å². The van der Waals surface area contributed by atoms with E-state index in [1.807, 2.05) is 41.0 Å². The Bertz CT molecular complexity index is 731. The summed E-state index contributed by atoms with van der Waals surface area (Å²) in [5, 5.41) is 4.25. The van der Waals surface area contributed by atoms with E-state index in [9.17, 15) is 4.79 Å². The average Bonchev–Trinajstić information content (AvgIpc) is 3.05. The topological polar surface area (TPSA) is 41.4 Å². The lowest BCUT2D eigenvalue weighted by molar-refractivity contribution is -0.133. The minimum absolute atomic E-state index is 0.153. The highest BCUT2D eigenvalue weighted by atomic mass is 16.2. The van der Waals surface area contributed by atoms with E-state index in [-0.39, 0.29) is 5.41 Å². The van der Waals surface area contributed by atoms with E-state index in [1.54, 1.807) is 0 Å². The second-order valence-electron chi connectivity index (χ2n) is 7.47. The van der Waals surface area contributed by atoms with Crippen LogP contribution in [0.3, 0.4) is 0 Å². The Kier molecular flexibility index (Phi) is 4.34. The van der Waals surface area contributed by atoms with E-state index in [2.05, 4.69) is 28.3 Å². The molecule has 1 amide bonds. The molecule has 5 heteroatoms. The molecule has 2 aromatic rings. The normalized spacial score (nSPS) is 21.0. The third-order valence-corrected chi connectivity index (χ3v) is 5.78. The summed E-state index contributed by atoms with van der Waals surface area (Å²) >= 11 is 0. The Morgan fingerprint density at radius 3 is 2.52 bits per heavy atom. The number of hydrogen-bond donors (Lipinski definition) is 0. The number of nitrogens with zero attached hydrogens (tertiary/aromatic N) is 4. The molecule has 132 valence electrons. The monoisotopic (exact) mass is 338 g/mol. The van der Waals surface area contributed by atoms with Crippen LogP contribution in [-0.4, -0.2) is 40.2 Å². The summed E-state index contributed by atoms with van der Waals surface area (Å²) < 4.78 is 1.85. The van der Waals surface area contributed by atoms with Crippen LogP contribution in [0.25, 0.3) is 0 Å². The Morgan fingerprint density at radius 2 is 1.84 bits per heavy atom. The van der Waals surface area contributed by atoms with Crippen molar-refractivity contribution in [3.8, 4) is 0 Å². The van der Waals surface area contributed by atoms with Gasteiger partial charge in [-0.05, 0) is 50.9 Å². The number of rotatable bonds is 3. The van der Waals surface area contributed by atoms with E-state index < -0.39 is 0 Å². The van der Waals surface area contributed by atoms with Crippen LogP contribution in [-0.2, 0) is 18.4 Å². The van der Waals surface area contributed by atoms with Gasteiger partial charge in [0.1, 0.15) is 0 Å². The smallest absolute Gasteiger partial charge is 0.233 e. The highest BCUT2D eigenvalue weighted by Crippen LogP contribution is 2.42. The van der Waals surface area contributed by atoms with Gasteiger partial charge in [0.2, 0.25) is 5.91 Å². The zero-order chi connectivity index (χ0) is 17.3. The van der Waals surface area contributed by atoms with Crippen LogP contribution in [0, 0.1) is 5.41 Å². The molecule has 1 aromatic carbocycles. The quantitative estimate of drug-likeness (QED) is 0.864. The molecule has 0 radical (unpaired) electrons. The molecule has 5 nitrogen and oxygen atoms in total. The molecule has 0 unspecified atom stereocenters. The third-order valence-electron chi connectivity index (χ3n) is 5.78. The molecule has 0 atom stereocenters. The number of benzene rings is 1. The van der Waals surface area contributed by atoms with E-state index in [1.165, 1.54) is 5.56 Å². The summed E-state index contributed by atoms with van der Waals surface area (Å²) in [4.78, 5) is 17.7. The third kappa shape index (κ3) is 3.21. The average molecular weight is 338 g/mol. The lowest BCUT2D eigenvalue weighted by Crippen LogP contribution is -2.53. The summed E-state index contributed by atoms with van der Waals surface area (Å²) in [5.41, 5.74) is 2.14. The fourth-order valence-corrected chi connectivity index (χ4v) is 4.34. The molecular weight excluding hydrogens is 312 g/mol. The van der Waals surface area contributed by atoms with Crippen molar-refractivity contribution >= 4 is 11.6 Å². The standard InChI is InChI=1S/C20H26N4O/c1-22-15-17(14-21-22)16-23-12-9-20(10-13-23)8-5-11-24(19(20)25)18-6-3-2-4-7-18/h2-4,6-7,14-15H,5,8-13,16H2,1H3. The first-order valence-electron chi connectivity index (χ1n) is 9.23. The number of aromatic nitrogens is 2. The number of carbonyl (C=O) groups is 1. The first-order valence-corrected chi connectivity index (χ1v) is 9.23. The first-order chi connectivity index (χ1) is 12.2. The second-order valence-corrected chi connectivity index (χ2v) is 7.47. The number of amides is 1. The molecule has 0 aliphatic carbocycles. The Hall–Kier alpha value is -2.14. The van der Waals surface area contributed by atoms with Crippen molar-refractivity contribution < 1.29 is 4.79 Å². The molecule has 25 heavy (non-hydrogen) atoms. The molecule has 3 heterocycles. The van der Waals surface area contributed by atoms with E-state index in [4.69, 9.17) is 0 Å². The van der Waals surface area contributed by atoms with E-state index in [0.29, 0.717) is 5.91 Å². The fraction of sp³-hybridized carbons (Fsp3) is 0.500. The Balaban J connectivity index is 1.43. The van der Waals surface area contributed by atoms with Gasteiger partial charge in [0.15, 0.2) is 0 Å². The van der Waals surface area contributed by atoms with Crippen LogP contribution in [0.15, 0.2) is 42.7 Å². The molecule has 4 rings (SSSR count). The summed E-state index contributed by atoms with van der Waals surface area (Å²) in [6.45, 7) is 3.76. The Morgan fingerprint density at radius 1 is 1.08 bits per heavy atom. The van der Waals surface area contributed by atoms with Gasteiger partial charge in [-0.3, -0.25) is 14.4 Å². The van der Waals surface area contributed by atoms with Gasteiger partial charge in [-0.25, -0.2) is 0 Å². The van der Waals surface area contributed by atoms with Crippen molar-refractivity contribution in [2.45, 2.75) is 32.2 Å². The SMILES string of the molecule is Cn1cc(CN2CCC3(CCCN(c4ccccc4)C3=O)CC2)cn1. The van der Waals surface area contributed by atoms with Crippen molar-refractivity contribution in [3.05, 3.63) is 48.3 Å². The number of para-hydroxylation sites is 1. The molecule has 0 N–H and O–H groups in total. The van der Waals surface area contributed by atoms with Crippen molar-refractivity contribution in [2.75, 3.05) is 24.5 Å². The van der Waals surface area contributed by atoms with Gasteiger partial charge < -0.3 is 4.90 Å². The zero-order valence-corrected chi connectivity index (χ0v) is 14.9. The van der Waals surface area contributed by atoms with Gasteiger partial charge in [-0.2, -0.15) is 5.10 Å². The van der Waals surface area contributed by atoms with Crippen LogP contribution in [0.5, 0.6) is 0 Å². The van der Waals surface area contributed by atoms with Crippen LogP contribution >= 0.6 is 0 Å². The fourth-order valence-electron chi connectivity index (χ4n) is 4.34. The largest absolute Gasteiger partial charge is 0.312 e. The maximum Gasteiger partial charge on any atom is 0.233 e. The summed E-state index contributed by atoms with van der Waals surface area (Å²) in [6, 6.07) is 10.1. The van der Waals surface area contributed by atoms with Gasteiger partial charge in [-0.1, -0.05) is 18.2 Å². The summed E-state index contributed by atoms with van der Waals surface area (Å²) in [5.74, 6) is 0.339. The maximum atomic E-state index is 13.3. The highest BCUT2D eigenvalue weighted by Gasteiger charge is 2.45. The number of likely N-dealkylation sites (tertiary alicyclic amines) is 1. The van der Waals surface area contributed by atoms with E-state index >= 15 is 0 Å². The molecule has 2 fully saturated rings. The molecule has 2 aliphatic rings. The minimum atomic E-state index is -0.153. The van der Waals surface area contributed by atoms with Gasteiger partial charge in [-0.15, -0.1) is 0 Å². The number of hydrogen-bond acceptors (Lipinski definition) is 3. The predicted octanol–water partition coefficient (Wildman–Crippen LogP) is 2.83. The molecule has 0 bridgehead atoms. The van der Waals surface area contributed by atoms with Crippen LogP contribution in [0.1, 0.15) is 31.2 Å². The van der Waals surface area contributed by atoms with Crippen molar-refractivity contribution in [3.63, 3.8) is 0 Å². The van der Waals surface area contributed by atoms with Crippen LogP contribution < -0.4 is 4.90 Å². The van der Waals surface area contributed by atoms with Gasteiger partial charge in [0, 0.05) is 37.6 Å². The van der Waals surface area contributed by atoms with E-state index in [0.717, 1.165) is 57.5 Å². The van der Waals surface area contributed by atoms with Gasteiger partial charge in [0.05, 0.1) is 11.6 Å². The van der Waals surface area contributed by atoms with Crippen LogP contribution in [0.4, 0.5) is 5.69 Å². The van der Waals surface area contributed by atoms with Gasteiger partial charge in [0.25, 0.3) is 0 Å².